The van der Waals surface area contributed by atoms with Crippen LogP contribution in [0.2, 0.25) is 5.02 Å². The van der Waals surface area contributed by atoms with Crippen LogP contribution in [0, 0.1) is 11.7 Å². The lowest BCUT2D eigenvalue weighted by molar-refractivity contribution is 0.0937. The number of carbonyl (C=O) groups excluding carboxylic acids is 1. The van der Waals surface area contributed by atoms with Crippen LogP contribution in [0.25, 0.3) is 0 Å². The van der Waals surface area contributed by atoms with Crippen LogP contribution < -0.4 is 10.0 Å². The largest absolute Gasteiger partial charge is 0.381 e. The first-order valence-corrected chi connectivity index (χ1v) is 11.1. The third-order valence-electron chi connectivity index (χ3n) is 4.40. The highest BCUT2D eigenvalue weighted by Gasteiger charge is 2.21. The van der Waals surface area contributed by atoms with Gasteiger partial charge in [0.2, 0.25) is 0 Å². The Hall–Kier alpha value is -2.16. The minimum Gasteiger partial charge on any atom is -0.381 e. The average Bonchev–Trinajstić information content (AvgIpc) is 3.50. The quantitative estimate of drug-likeness (QED) is 0.550. The van der Waals surface area contributed by atoms with Crippen molar-refractivity contribution in [1.82, 2.24) is 5.32 Å². The molecule has 2 aromatic rings. The summed E-state index contributed by atoms with van der Waals surface area (Å²) in [4.78, 5) is 12.2. The van der Waals surface area contributed by atoms with Gasteiger partial charge in [-0.3, -0.25) is 9.52 Å². The number of halogens is 2. The van der Waals surface area contributed by atoms with Crippen molar-refractivity contribution in [2.75, 3.05) is 24.5 Å². The highest BCUT2D eigenvalue weighted by molar-refractivity contribution is 7.92. The summed E-state index contributed by atoms with van der Waals surface area (Å²) in [5, 5.41) is 2.91. The van der Waals surface area contributed by atoms with Crippen LogP contribution in [0.3, 0.4) is 0 Å². The molecule has 1 aliphatic rings. The van der Waals surface area contributed by atoms with Gasteiger partial charge in [-0.05, 0) is 67.6 Å². The van der Waals surface area contributed by atoms with Gasteiger partial charge < -0.3 is 10.1 Å². The highest BCUT2D eigenvalue weighted by Crippen LogP contribution is 2.28. The molecule has 1 saturated carbocycles. The molecule has 3 rings (SSSR count). The monoisotopic (exact) mass is 440 g/mol. The number of benzene rings is 2. The zero-order chi connectivity index (χ0) is 20.9. The van der Waals surface area contributed by atoms with Gasteiger partial charge in [-0.2, -0.15) is 0 Å². The van der Waals surface area contributed by atoms with Gasteiger partial charge in [0, 0.05) is 25.3 Å². The Morgan fingerprint density at radius 2 is 1.90 bits per heavy atom. The predicted molar refractivity (Wildman–Crippen MR) is 109 cm³/mol. The van der Waals surface area contributed by atoms with Crippen molar-refractivity contribution in [1.29, 1.82) is 0 Å². The number of carbonyl (C=O) groups is 1. The fourth-order valence-electron chi connectivity index (χ4n) is 2.57. The third kappa shape index (κ3) is 6.42. The summed E-state index contributed by atoms with van der Waals surface area (Å²) in [6.45, 7) is 1.81. The van der Waals surface area contributed by atoms with E-state index in [-0.39, 0.29) is 27.1 Å². The van der Waals surface area contributed by atoms with Crippen molar-refractivity contribution in [3.05, 3.63) is 58.9 Å². The fourth-order valence-corrected chi connectivity index (χ4v) is 3.87. The fraction of sp³-hybridized carbons (Fsp3) is 0.350. The van der Waals surface area contributed by atoms with Gasteiger partial charge in [0.15, 0.2) is 0 Å². The smallest absolute Gasteiger partial charge is 0.261 e. The molecule has 0 atom stereocenters. The lowest BCUT2D eigenvalue weighted by Gasteiger charge is -2.12. The van der Waals surface area contributed by atoms with Gasteiger partial charge in [0.1, 0.15) is 5.82 Å². The van der Waals surface area contributed by atoms with Crippen LogP contribution in [0.15, 0.2) is 47.4 Å². The maximum absolute atomic E-state index is 13.0. The molecule has 0 spiro atoms. The van der Waals surface area contributed by atoms with Crippen LogP contribution in [-0.2, 0) is 14.8 Å². The minimum absolute atomic E-state index is 0.0661. The molecule has 0 heterocycles. The minimum atomic E-state index is -3.97. The van der Waals surface area contributed by atoms with Gasteiger partial charge in [0.25, 0.3) is 15.9 Å². The molecule has 2 aromatic carbocycles. The molecule has 0 radical (unpaired) electrons. The van der Waals surface area contributed by atoms with Crippen molar-refractivity contribution in [3.8, 4) is 0 Å². The SMILES string of the molecule is O=C(NCCCOCC1CC1)c1ccc(Cl)c(NS(=O)(=O)c2ccc(F)cc2)c1. The van der Waals surface area contributed by atoms with Gasteiger partial charge in [-0.25, -0.2) is 12.8 Å². The van der Waals surface area contributed by atoms with E-state index in [1.54, 1.807) is 0 Å². The number of hydrogen-bond acceptors (Lipinski definition) is 4. The predicted octanol–water partition coefficient (Wildman–Crippen LogP) is 3.83. The van der Waals surface area contributed by atoms with Crippen LogP contribution in [0.1, 0.15) is 29.6 Å². The molecule has 1 amide bonds. The molecule has 0 unspecified atom stereocenters. The zero-order valence-electron chi connectivity index (χ0n) is 15.7. The van der Waals surface area contributed by atoms with E-state index in [1.165, 1.54) is 31.0 Å². The number of nitrogens with one attached hydrogen (secondary N) is 2. The van der Waals surface area contributed by atoms with Crippen molar-refractivity contribution in [2.45, 2.75) is 24.2 Å². The molecular weight excluding hydrogens is 419 g/mol. The molecule has 0 saturated heterocycles. The van der Waals surface area contributed by atoms with Crippen LogP contribution in [0.4, 0.5) is 10.1 Å². The topological polar surface area (TPSA) is 84.5 Å². The molecule has 0 aromatic heterocycles. The van der Waals surface area contributed by atoms with Gasteiger partial charge in [0.05, 0.1) is 15.6 Å². The van der Waals surface area contributed by atoms with Crippen molar-refractivity contribution < 1.29 is 22.3 Å². The van der Waals surface area contributed by atoms with E-state index in [1.807, 2.05) is 0 Å². The molecule has 29 heavy (non-hydrogen) atoms. The summed E-state index contributed by atoms with van der Waals surface area (Å²) in [6.07, 6.45) is 3.16. The second kappa shape index (κ2) is 9.56. The van der Waals surface area contributed by atoms with Crippen molar-refractivity contribution in [2.24, 2.45) is 5.92 Å². The molecule has 1 fully saturated rings. The highest BCUT2D eigenvalue weighted by atomic mass is 35.5. The summed E-state index contributed by atoms with van der Waals surface area (Å²) >= 11 is 6.08. The van der Waals surface area contributed by atoms with E-state index in [4.69, 9.17) is 16.3 Å². The molecule has 0 aliphatic heterocycles. The molecular formula is C20H22ClFN2O4S. The summed E-state index contributed by atoms with van der Waals surface area (Å²) in [7, 11) is -3.97. The third-order valence-corrected chi connectivity index (χ3v) is 6.11. The molecule has 156 valence electrons. The average molecular weight is 441 g/mol. The zero-order valence-corrected chi connectivity index (χ0v) is 17.2. The first-order chi connectivity index (χ1) is 13.8. The maximum Gasteiger partial charge on any atom is 0.261 e. The first-order valence-electron chi connectivity index (χ1n) is 9.29. The number of amides is 1. The Labute approximate surface area is 174 Å². The first kappa shape index (κ1) is 21.5. The normalized spacial score (nSPS) is 13.9. The molecule has 9 heteroatoms. The number of hydrogen-bond donors (Lipinski definition) is 2. The van der Waals surface area contributed by atoms with Crippen LogP contribution in [-0.4, -0.2) is 34.1 Å². The number of anilines is 1. The van der Waals surface area contributed by atoms with Crippen molar-refractivity contribution in [3.63, 3.8) is 0 Å². The second-order valence-electron chi connectivity index (χ2n) is 6.88. The van der Waals surface area contributed by atoms with E-state index in [0.717, 1.165) is 30.9 Å². The van der Waals surface area contributed by atoms with Gasteiger partial charge >= 0.3 is 0 Å². The lowest BCUT2D eigenvalue weighted by atomic mass is 10.2. The van der Waals surface area contributed by atoms with Crippen molar-refractivity contribution >= 4 is 33.2 Å². The summed E-state index contributed by atoms with van der Waals surface area (Å²) in [6, 6.07) is 8.71. The Morgan fingerprint density at radius 3 is 2.59 bits per heavy atom. The lowest BCUT2D eigenvalue weighted by Crippen LogP contribution is -2.25. The van der Waals surface area contributed by atoms with Gasteiger partial charge in [-0.1, -0.05) is 11.6 Å². The van der Waals surface area contributed by atoms with Crippen LogP contribution >= 0.6 is 11.6 Å². The molecule has 6 nitrogen and oxygen atoms in total. The Bertz CT molecular complexity index is 963. The Morgan fingerprint density at radius 1 is 1.17 bits per heavy atom. The van der Waals surface area contributed by atoms with E-state index in [0.29, 0.717) is 25.5 Å². The number of sulfonamides is 1. The van der Waals surface area contributed by atoms with Gasteiger partial charge in [-0.15, -0.1) is 0 Å². The van der Waals surface area contributed by atoms with Crippen LogP contribution in [0.5, 0.6) is 0 Å². The Kier molecular flexibility index (Phi) is 7.10. The van der Waals surface area contributed by atoms with E-state index in [9.17, 15) is 17.6 Å². The molecule has 1 aliphatic carbocycles. The maximum atomic E-state index is 13.0. The Balaban J connectivity index is 1.58. The summed E-state index contributed by atoms with van der Waals surface area (Å²) in [5.74, 6) is -0.180. The molecule has 2 N–H and O–H groups in total. The standard InChI is InChI=1S/C20H22ClFN2O4S/c21-18-9-4-15(20(25)23-10-1-11-28-13-14-2-3-14)12-19(18)24-29(26,27)17-7-5-16(22)6-8-17/h4-9,12,14,24H,1-3,10-11,13H2,(H,23,25). The molecule has 0 bridgehead atoms. The second-order valence-corrected chi connectivity index (χ2v) is 8.97. The summed E-state index contributed by atoms with van der Waals surface area (Å²) < 4.78 is 45.8. The number of ether oxygens (including phenoxy) is 1. The van der Waals surface area contributed by atoms with E-state index < -0.39 is 15.8 Å². The number of rotatable bonds is 10. The summed E-state index contributed by atoms with van der Waals surface area (Å²) in [5.41, 5.74) is 0.335. The van der Waals surface area contributed by atoms with E-state index >= 15 is 0 Å². The van der Waals surface area contributed by atoms with E-state index in [2.05, 4.69) is 10.0 Å².